The van der Waals surface area contributed by atoms with Crippen LogP contribution in [0.15, 0.2) is 170 Å². The first kappa shape index (κ1) is 27.1. The number of hydrogen-bond acceptors (Lipinski definition) is 2. The van der Waals surface area contributed by atoms with Crippen LogP contribution in [-0.4, -0.2) is 28.2 Å². The van der Waals surface area contributed by atoms with Gasteiger partial charge in [-0.05, 0) is 60.7 Å². The van der Waals surface area contributed by atoms with E-state index in [1.807, 2.05) is 12.4 Å². The number of hydrogen-bond donors (Lipinski definition) is 0. The van der Waals surface area contributed by atoms with E-state index in [1.165, 1.54) is 32.3 Å². The molecule has 0 atom stereocenters. The lowest BCUT2D eigenvalue weighted by Crippen LogP contribution is -2.03. The second-order valence-corrected chi connectivity index (χ2v) is 12.8. The maximum Gasteiger partial charge on any atom is 0.156 e. The molecule has 5 heterocycles. The maximum atomic E-state index is 5.16. The van der Waals surface area contributed by atoms with Gasteiger partial charge in [-0.1, -0.05) is 84.9 Å². The highest BCUT2D eigenvalue weighted by molar-refractivity contribution is 6.19. The lowest BCUT2D eigenvalue weighted by atomic mass is 10.1. The molecule has 0 radical (unpaired) electrons. The Morgan fingerprint density at radius 3 is 1.18 bits per heavy atom. The smallest absolute Gasteiger partial charge is 0.156 e. The number of aromatic nitrogens is 6. The van der Waals surface area contributed by atoms with Crippen molar-refractivity contribution in [2.75, 3.05) is 0 Å². The highest BCUT2D eigenvalue weighted by Gasteiger charge is 2.20. The van der Waals surface area contributed by atoms with Crippen LogP contribution >= 0.6 is 0 Å². The molecule has 0 N–H and O–H groups in total. The largest absolute Gasteiger partial charge is 0.316 e. The fourth-order valence-corrected chi connectivity index (χ4v) is 8.00. The van der Waals surface area contributed by atoms with Gasteiger partial charge in [0.05, 0.1) is 45.5 Å². The Kier molecular flexibility index (Phi) is 5.57. The lowest BCUT2D eigenvalue weighted by Gasteiger charge is -2.11. The van der Waals surface area contributed by atoms with E-state index in [9.17, 15) is 0 Å². The van der Waals surface area contributed by atoms with E-state index in [-0.39, 0.29) is 0 Å². The molecule has 6 heteroatoms. The molecule has 0 unspecified atom stereocenters. The maximum absolute atomic E-state index is 5.16. The minimum absolute atomic E-state index is 0.779. The van der Waals surface area contributed by atoms with Crippen LogP contribution in [0.25, 0.3) is 88.4 Å². The number of para-hydroxylation sites is 4. The van der Waals surface area contributed by atoms with E-state index >= 15 is 0 Å². The van der Waals surface area contributed by atoms with E-state index in [0.717, 1.165) is 56.1 Å². The van der Waals surface area contributed by atoms with Gasteiger partial charge >= 0.3 is 0 Å². The molecule has 6 nitrogen and oxygen atoms in total. The highest BCUT2D eigenvalue weighted by atomic mass is 15.1. The van der Waals surface area contributed by atoms with Crippen LogP contribution < -0.4 is 0 Å². The average Bonchev–Trinajstić information content (AvgIpc) is 3.96. The average molecular weight is 641 g/mol. The fourth-order valence-electron chi connectivity index (χ4n) is 8.00. The van der Waals surface area contributed by atoms with Gasteiger partial charge in [0, 0.05) is 56.1 Å². The van der Waals surface area contributed by atoms with Crippen molar-refractivity contribution in [3.8, 4) is 23.0 Å². The number of nitrogens with zero attached hydrogens (tertiary/aromatic N) is 6. The van der Waals surface area contributed by atoms with E-state index in [2.05, 4.69) is 176 Å². The molecule has 0 bridgehead atoms. The van der Waals surface area contributed by atoms with Crippen LogP contribution in [0.3, 0.4) is 0 Å². The third kappa shape index (κ3) is 3.73. The Morgan fingerprint density at radius 2 is 0.740 bits per heavy atom. The molecule has 0 fully saturated rings. The summed E-state index contributed by atoms with van der Waals surface area (Å²) >= 11 is 0. The van der Waals surface area contributed by atoms with Gasteiger partial charge in [0.25, 0.3) is 0 Å². The zero-order chi connectivity index (χ0) is 32.8. The van der Waals surface area contributed by atoms with Crippen LogP contribution in [0.2, 0.25) is 0 Å². The first-order valence-corrected chi connectivity index (χ1v) is 16.8. The van der Waals surface area contributed by atoms with E-state index in [1.54, 1.807) is 0 Å². The molecule has 0 saturated heterocycles. The molecule has 5 aromatic heterocycles. The van der Waals surface area contributed by atoms with Gasteiger partial charge < -0.3 is 9.13 Å². The van der Waals surface area contributed by atoms with Crippen molar-refractivity contribution in [1.82, 2.24) is 28.2 Å². The topological polar surface area (TPSA) is 45.5 Å². The molecule has 0 saturated carbocycles. The Morgan fingerprint density at radius 1 is 0.320 bits per heavy atom. The predicted molar refractivity (Wildman–Crippen MR) is 204 cm³/mol. The summed E-state index contributed by atoms with van der Waals surface area (Å²) in [5.41, 5.74) is 9.02. The first-order chi connectivity index (χ1) is 24.8. The summed E-state index contributed by atoms with van der Waals surface area (Å²) < 4.78 is 9.03. The van der Waals surface area contributed by atoms with Gasteiger partial charge in [0.15, 0.2) is 11.6 Å². The molecule has 6 aromatic carbocycles. The minimum atomic E-state index is 0.779. The molecule has 234 valence electrons. The van der Waals surface area contributed by atoms with Gasteiger partial charge in [-0.2, -0.15) is 0 Å². The third-order valence-corrected chi connectivity index (χ3v) is 10.2. The third-order valence-electron chi connectivity index (χ3n) is 10.2. The van der Waals surface area contributed by atoms with Crippen LogP contribution in [0.4, 0.5) is 0 Å². The quantitative estimate of drug-likeness (QED) is 0.192. The SMILES string of the molecule is c1ccc(-n2ccc3c2ccc2c4ccccc4n(-c4cnc(-n5c6ccccc6c6ccc7c(ccn7-c7ccccc7)c65)cn4)c23)cc1. The van der Waals surface area contributed by atoms with Crippen molar-refractivity contribution in [3.05, 3.63) is 170 Å². The normalized spacial score (nSPS) is 12.0. The van der Waals surface area contributed by atoms with Gasteiger partial charge in [-0.15, -0.1) is 0 Å². The van der Waals surface area contributed by atoms with Gasteiger partial charge in [0.1, 0.15) is 0 Å². The molecule has 0 aliphatic rings. The summed E-state index contributed by atoms with van der Waals surface area (Å²) in [7, 11) is 0. The summed E-state index contributed by atoms with van der Waals surface area (Å²) in [6.45, 7) is 0. The molecule has 0 aliphatic heterocycles. The summed E-state index contributed by atoms with van der Waals surface area (Å²) in [6, 6.07) is 51.5. The summed E-state index contributed by atoms with van der Waals surface area (Å²) in [5.74, 6) is 1.56. The molecule has 0 amide bonds. The summed E-state index contributed by atoms with van der Waals surface area (Å²) in [4.78, 5) is 10.3. The van der Waals surface area contributed by atoms with E-state index < -0.39 is 0 Å². The molecular weight excluding hydrogens is 613 g/mol. The van der Waals surface area contributed by atoms with Crippen molar-refractivity contribution in [1.29, 1.82) is 0 Å². The van der Waals surface area contributed by atoms with Gasteiger partial charge in [-0.3, -0.25) is 9.13 Å². The lowest BCUT2D eigenvalue weighted by molar-refractivity contribution is 0.991. The first-order valence-electron chi connectivity index (χ1n) is 16.8. The standard InChI is InChI=1S/C44H28N6/c1-3-11-29(12-4-1)47-25-23-35-37(47)21-19-33-31-15-7-9-17-39(31)49(43(33)35)41-27-46-42(28-45-41)50-40-18-10-8-16-32(40)34-20-22-38-36(44(34)50)24-26-48(38)30-13-5-2-6-14-30/h1-28H. The zero-order valence-corrected chi connectivity index (χ0v) is 26.8. The molecule has 0 spiro atoms. The van der Waals surface area contributed by atoms with Crippen LogP contribution in [0.1, 0.15) is 0 Å². The summed E-state index contributed by atoms with van der Waals surface area (Å²) in [5, 5.41) is 7.10. The molecule has 11 rings (SSSR count). The monoisotopic (exact) mass is 640 g/mol. The second kappa shape index (κ2) is 10.3. The molecular formula is C44H28N6. The van der Waals surface area contributed by atoms with Crippen molar-refractivity contribution in [2.24, 2.45) is 0 Å². The minimum Gasteiger partial charge on any atom is -0.316 e. The van der Waals surface area contributed by atoms with Gasteiger partial charge in [-0.25, -0.2) is 9.97 Å². The van der Waals surface area contributed by atoms with Crippen LogP contribution in [0.5, 0.6) is 0 Å². The fraction of sp³-hybridized carbons (Fsp3) is 0. The van der Waals surface area contributed by atoms with Gasteiger partial charge in [0.2, 0.25) is 0 Å². The van der Waals surface area contributed by atoms with Crippen molar-refractivity contribution < 1.29 is 0 Å². The molecule has 0 aliphatic carbocycles. The Hall–Kier alpha value is -6.92. The van der Waals surface area contributed by atoms with Crippen molar-refractivity contribution >= 4 is 65.4 Å². The number of fused-ring (bicyclic) bond motifs is 10. The Labute approximate surface area is 286 Å². The predicted octanol–water partition coefficient (Wildman–Crippen LogP) is 10.6. The van der Waals surface area contributed by atoms with Crippen molar-refractivity contribution in [2.45, 2.75) is 0 Å². The second-order valence-electron chi connectivity index (χ2n) is 12.8. The van der Waals surface area contributed by atoms with E-state index in [0.29, 0.717) is 0 Å². The molecule has 11 aromatic rings. The van der Waals surface area contributed by atoms with Crippen LogP contribution in [0, 0.1) is 0 Å². The Bertz CT molecular complexity index is 2860. The van der Waals surface area contributed by atoms with Crippen LogP contribution in [-0.2, 0) is 0 Å². The number of rotatable bonds is 4. The highest BCUT2D eigenvalue weighted by Crippen LogP contribution is 2.39. The van der Waals surface area contributed by atoms with E-state index in [4.69, 9.17) is 9.97 Å². The summed E-state index contributed by atoms with van der Waals surface area (Å²) in [6.07, 6.45) is 8.16. The Balaban J connectivity index is 1.14. The van der Waals surface area contributed by atoms with Crippen molar-refractivity contribution in [3.63, 3.8) is 0 Å². The molecule has 50 heavy (non-hydrogen) atoms. The number of benzene rings is 6. The zero-order valence-electron chi connectivity index (χ0n) is 26.8.